The van der Waals surface area contributed by atoms with Gasteiger partial charge in [0.15, 0.2) is 5.82 Å². The summed E-state index contributed by atoms with van der Waals surface area (Å²) in [5.74, 6) is -1.84. The number of benzene rings is 2. The van der Waals surface area contributed by atoms with Crippen LogP contribution in [0.1, 0.15) is 15.9 Å². The van der Waals surface area contributed by atoms with E-state index >= 15 is 0 Å². The predicted octanol–water partition coefficient (Wildman–Crippen LogP) is 2.80. The van der Waals surface area contributed by atoms with Crippen molar-refractivity contribution in [2.45, 2.75) is 6.61 Å². The zero-order chi connectivity index (χ0) is 22.1. The number of esters is 1. The molecule has 2 heterocycles. The van der Waals surface area contributed by atoms with Crippen molar-refractivity contribution in [3.05, 3.63) is 69.9 Å². The molecule has 31 heavy (non-hydrogen) atoms. The van der Waals surface area contributed by atoms with E-state index in [-0.39, 0.29) is 40.5 Å². The van der Waals surface area contributed by atoms with Crippen LogP contribution in [0, 0.1) is 5.82 Å². The van der Waals surface area contributed by atoms with Gasteiger partial charge >= 0.3 is 5.97 Å². The van der Waals surface area contributed by atoms with E-state index in [2.05, 4.69) is 10.1 Å². The summed E-state index contributed by atoms with van der Waals surface area (Å²) in [7, 11) is 2.78. The van der Waals surface area contributed by atoms with Crippen molar-refractivity contribution in [2.75, 3.05) is 7.11 Å². The van der Waals surface area contributed by atoms with E-state index in [9.17, 15) is 19.1 Å². The van der Waals surface area contributed by atoms with Gasteiger partial charge in [0, 0.05) is 7.05 Å². The van der Waals surface area contributed by atoms with Gasteiger partial charge in [-0.25, -0.2) is 18.9 Å². The van der Waals surface area contributed by atoms with Gasteiger partial charge in [-0.2, -0.15) is 5.10 Å². The molecule has 0 radical (unpaired) electrons. The minimum absolute atomic E-state index is 0.00390. The number of ether oxygens (including phenoxy) is 2. The quantitative estimate of drug-likeness (QED) is 0.485. The molecule has 9 nitrogen and oxygen atoms in total. The van der Waals surface area contributed by atoms with E-state index in [4.69, 9.17) is 13.9 Å². The van der Waals surface area contributed by atoms with E-state index in [1.54, 1.807) is 7.05 Å². The van der Waals surface area contributed by atoms with Crippen molar-refractivity contribution < 1.29 is 28.2 Å². The van der Waals surface area contributed by atoms with Gasteiger partial charge in [-0.1, -0.05) is 12.1 Å². The maximum absolute atomic E-state index is 13.1. The molecule has 158 valence electrons. The minimum atomic E-state index is -0.773. The lowest BCUT2D eigenvalue weighted by atomic mass is 10.1. The molecular weight excluding hydrogens is 409 g/mol. The van der Waals surface area contributed by atoms with Crippen LogP contribution < -0.4 is 10.2 Å². The molecule has 0 saturated carbocycles. The molecule has 0 amide bonds. The molecule has 0 atom stereocenters. The third-order valence-corrected chi connectivity index (χ3v) is 4.58. The van der Waals surface area contributed by atoms with Crippen molar-refractivity contribution in [3.8, 4) is 23.1 Å². The number of hydrogen-bond donors (Lipinski definition) is 1. The Morgan fingerprint density at radius 1 is 1.26 bits per heavy atom. The summed E-state index contributed by atoms with van der Waals surface area (Å²) in [5, 5.41) is 14.3. The summed E-state index contributed by atoms with van der Waals surface area (Å²) in [5.41, 5.74) is -0.0909. The van der Waals surface area contributed by atoms with E-state index in [1.807, 2.05) is 0 Å². The number of aryl methyl sites for hydroxylation is 1. The number of fused-ring (bicyclic) bond motifs is 1. The van der Waals surface area contributed by atoms with Crippen LogP contribution in [-0.4, -0.2) is 33.0 Å². The van der Waals surface area contributed by atoms with Crippen LogP contribution in [0.15, 0.2) is 51.9 Å². The van der Waals surface area contributed by atoms with Gasteiger partial charge < -0.3 is 19.0 Å². The lowest BCUT2D eigenvalue weighted by molar-refractivity contribution is 0.0600. The Hall–Kier alpha value is -4.21. The lowest BCUT2D eigenvalue weighted by Crippen LogP contribution is -2.09. The van der Waals surface area contributed by atoms with Gasteiger partial charge in [0.25, 0.3) is 0 Å². The second-order valence-electron chi connectivity index (χ2n) is 6.57. The van der Waals surface area contributed by atoms with Crippen LogP contribution in [0.2, 0.25) is 0 Å². The summed E-state index contributed by atoms with van der Waals surface area (Å²) in [6.45, 7) is -0.0226. The van der Waals surface area contributed by atoms with Gasteiger partial charge in [0.05, 0.1) is 12.7 Å². The maximum Gasteiger partial charge on any atom is 0.338 e. The molecule has 4 aromatic rings. The number of aromatic hydroxyl groups is 1. The molecule has 10 heteroatoms. The largest absolute Gasteiger partial charge is 0.501 e. The minimum Gasteiger partial charge on any atom is -0.501 e. The Balaban J connectivity index is 1.88. The van der Waals surface area contributed by atoms with Gasteiger partial charge in [-0.15, -0.1) is 0 Å². The molecule has 0 fully saturated rings. The summed E-state index contributed by atoms with van der Waals surface area (Å²) in [6.07, 6.45) is 1.24. The Morgan fingerprint density at radius 2 is 2.00 bits per heavy atom. The number of hydrogen-bond acceptors (Lipinski definition) is 8. The van der Waals surface area contributed by atoms with Gasteiger partial charge in [0.2, 0.25) is 16.9 Å². The number of rotatable bonds is 5. The maximum atomic E-state index is 13.1. The average Bonchev–Trinajstić information content (AvgIpc) is 3.20. The first-order valence-corrected chi connectivity index (χ1v) is 9.02. The van der Waals surface area contributed by atoms with Gasteiger partial charge in [-0.05, 0) is 29.8 Å². The molecule has 0 spiro atoms. The Labute approximate surface area is 174 Å². The molecule has 2 aromatic heterocycles. The number of nitrogens with zero attached hydrogens (tertiary/aromatic N) is 3. The third kappa shape index (κ3) is 3.70. The molecule has 1 N–H and O–H groups in total. The van der Waals surface area contributed by atoms with E-state index in [0.717, 1.165) is 0 Å². The van der Waals surface area contributed by atoms with Crippen LogP contribution in [0.25, 0.3) is 22.6 Å². The molecule has 0 aliphatic rings. The van der Waals surface area contributed by atoms with Crippen molar-refractivity contribution >= 4 is 16.9 Å². The van der Waals surface area contributed by atoms with E-state index in [0.29, 0.717) is 5.56 Å². The fourth-order valence-electron chi connectivity index (χ4n) is 3.02. The number of methoxy groups -OCH3 is 1. The highest BCUT2D eigenvalue weighted by Crippen LogP contribution is 2.33. The van der Waals surface area contributed by atoms with Crippen molar-refractivity contribution in [1.82, 2.24) is 14.8 Å². The Kier molecular flexibility index (Phi) is 5.12. The first-order chi connectivity index (χ1) is 14.9. The normalized spacial score (nSPS) is 10.9. The van der Waals surface area contributed by atoms with Crippen LogP contribution in [0.5, 0.6) is 11.5 Å². The number of halogens is 1. The zero-order valence-electron chi connectivity index (χ0n) is 16.5. The van der Waals surface area contributed by atoms with Crippen LogP contribution in [0.4, 0.5) is 4.39 Å². The lowest BCUT2D eigenvalue weighted by Gasteiger charge is -2.12. The van der Waals surface area contributed by atoms with E-state index in [1.165, 1.54) is 54.5 Å². The third-order valence-electron chi connectivity index (χ3n) is 4.58. The molecular formula is C21H16FN3O6. The first kappa shape index (κ1) is 20.1. The monoisotopic (exact) mass is 425 g/mol. The van der Waals surface area contributed by atoms with Gasteiger partial charge in [-0.3, -0.25) is 4.79 Å². The standard InChI is InChI=1S/C21H16FN3O6/c1-25-20(23-10-24-25)19-18(27)17(26)16-14(30-9-11-3-5-13(22)6-4-11)7-12(21(28)29-2)8-15(16)31-19/h3-8,10,27H,9H2,1-2H3. The average molecular weight is 425 g/mol. The van der Waals surface area contributed by atoms with Crippen LogP contribution in [0.3, 0.4) is 0 Å². The zero-order valence-corrected chi connectivity index (χ0v) is 16.5. The van der Waals surface area contributed by atoms with Crippen molar-refractivity contribution in [3.63, 3.8) is 0 Å². The second kappa shape index (κ2) is 7.90. The van der Waals surface area contributed by atoms with Crippen LogP contribution >= 0.6 is 0 Å². The van der Waals surface area contributed by atoms with Gasteiger partial charge in [0.1, 0.15) is 35.5 Å². The van der Waals surface area contributed by atoms with Crippen LogP contribution in [-0.2, 0) is 18.4 Å². The fourth-order valence-corrected chi connectivity index (χ4v) is 3.02. The highest BCUT2D eigenvalue weighted by molar-refractivity contribution is 5.97. The molecule has 0 unspecified atom stereocenters. The number of carbonyl (C=O) groups is 1. The fraction of sp³-hybridized carbons (Fsp3) is 0.143. The summed E-state index contributed by atoms with van der Waals surface area (Å²) < 4.78 is 30.7. The van der Waals surface area contributed by atoms with E-state index < -0.39 is 23.0 Å². The molecule has 0 aliphatic carbocycles. The molecule has 0 saturated heterocycles. The molecule has 0 aliphatic heterocycles. The Morgan fingerprint density at radius 3 is 2.65 bits per heavy atom. The van der Waals surface area contributed by atoms with Crippen molar-refractivity contribution in [1.29, 1.82) is 0 Å². The topological polar surface area (TPSA) is 117 Å². The van der Waals surface area contributed by atoms with Crippen molar-refractivity contribution in [2.24, 2.45) is 7.05 Å². The summed E-state index contributed by atoms with van der Waals surface area (Å²) >= 11 is 0. The highest BCUT2D eigenvalue weighted by Gasteiger charge is 2.23. The second-order valence-corrected chi connectivity index (χ2v) is 6.57. The highest BCUT2D eigenvalue weighted by atomic mass is 19.1. The molecule has 4 rings (SSSR count). The predicted molar refractivity (Wildman–Crippen MR) is 106 cm³/mol. The molecule has 2 aromatic carbocycles. The summed E-state index contributed by atoms with van der Waals surface area (Å²) in [4.78, 5) is 29.1. The summed E-state index contributed by atoms with van der Waals surface area (Å²) in [6, 6.07) is 8.22. The number of aromatic nitrogens is 3. The number of carbonyl (C=O) groups excluding carboxylic acids is 1. The SMILES string of the molecule is COC(=O)c1cc(OCc2ccc(F)cc2)c2c(=O)c(O)c(-c3ncnn3C)oc2c1. The Bertz CT molecular complexity index is 1340. The smallest absolute Gasteiger partial charge is 0.338 e. The first-order valence-electron chi connectivity index (χ1n) is 9.02. The molecule has 0 bridgehead atoms.